The Morgan fingerprint density at radius 3 is 2.45 bits per heavy atom. The zero-order chi connectivity index (χ0) is 23.8. The maximum absolute atomic E-state index is 11.3. The molecule has 7 nitrogen and oxygen atoms in total. The van der Waals surface area contributed by atoms with Gasteiger partial charge in [0, 0.05) is 5.41 Å². The van der Waals surface area contributed by atoms with Gasteiger partial charge in [0.05, 0.1) is 19.3 Å². The lowest BCUT2D eigenvalue weighted by Crippen LogP contribution is -2.61. The van der Waals surface area contributed by atoms with Crippen molar-refractivity contribution in [2.24, 2.45) is 34.0 Å². The summed E-state index contributed by atoms with van der Waals surface area (Å²) >= 11 is 0. The van der Waals surface area contributed by atoms with Crippen molar-refractivity contribution in [3.8, 4) is 0 Å². The maximum Gasteiger partial charge on any atom is 0.186 e. The molecular formula is C26H42O7. The van der Waals surface area contributed by atoms with E-state index in [1.807, 2.05) is 0 Å². The van der Waals surface area contributed by atoms with Crippen molar-refractivity contribution >= 4 is 0 Å². The molecule has 33 heavy (non-hydrogen) atoms. The Morgan fingerprint density at radius 2 is 1.73 bits per heavy atom. The normalized spacial score (nSPS) is 56.3. The van der Waals surface area contributed by atoms with Gasteiger partial charge in [-0.15, -0.1) is 0 Å². The van der Waals surface area contributed by atoms with Crippen LogP contribution in [-0.2, 0) is 9.47 Å². The van der Waals surface area contributed by atoms with Crippen molar-refractivity contribution in [3.63, 3.8) is 0 Å². The van der Waals surface area contributed by atoms with Gasteiger partial charge in [0.2, 0.25) is 0 Å². The molecule has 2 bridgehead atoms. The van der Waals surface area contributed by atoms with Gasteiger partial charge in [0.25, 0.3) is 0 Å². The molecule has 0 radical (unpaired) electrons. The van der Waals surface area contributed by atoms with Crippen LogP contribution in [0.2, 0.25) is 0 Å². The highest BCUT2D eigenvalue weighted by Gasteiger charge is 2.66. The van der Waals surface area contributed by atoms with Gasteiger partial charge >= 0.3 is 0 Å². The monoisotopic (exact) mass is 466 g/mol. The van der Waals surface area contributed by atoms with Crippen LogP contribution in [0.15, 0.2) is 12.2 Å². The zero-order valence-corrected chi connectivity index (χ0v) is 20.0. The first-order chi connectivity index (χ1) is 15.6. The van der Waals surface area contributed by atoms with Crippen molar-refractivity contribution in [1.29, 1.82) is 0 Å². The van der Waals surface area contributed by atoms with Crippen LogP contribution in [0, 0.1) is 34.0 Å². The lowest BCUT2D eigenvalue weighted by molar-refractivity contribution is -0.310. The summed E-state index contributed by atoms with van der Waals surface area (Å²) in [4.78, 5) is 0. The molecule has 4 saturated carbocycles. The topological polar surface area (TPSA) is 120 Å². The Balaban J connectivity index is 1.35. The molecule has 1 spiro atoms. The number of aliphatic hydroxyl groups excluding tert-OH is 5. The van der Waals surface area contributed by atoms with Crippen LogP contribution in [0.3, 0.4) is 0 Å². The predicted octanol–water partition coefficient (Wildman–Crippen LogP) is 1.74. The van der Waals surface area contributed by atoms with E-state index in [0.717, 1.165) is 56.9 Å². The Kier molecular flexibility index (Phi) is 6.05. The summed E-state index contributed by atoms with van der Waals surface area (Å²) in [5.41, 5.74) is 1.02. The Labute approximate surface area is 196 Å². The van der Waals surface area contributed by atoms with Crippen molar-refractivity contribution < 1.29 is 35.0 Å². The van der Waals surface area contributed by atoms with Crippen LogP contribution in [0.5, 0.6) is 0 Å². The highest BCUT2D eigenvalue weighted by atomic mass is 16.7. The van der Waals surface area contributed by atoms with Gasteiger partial charge in [0.15, 0.2) is 6.29 Å². The molecule has 0 amide bonds. The summed E-state index contributed by atoms with van der Waals surface area (Å²) in [5.74, 6) is 1.37. The fraction of sp³-hybridized carbons (Fsp3) is 0.923. The molecule has 0 unspecified atom stereocenters. The standard InChI is InChI=1S/C26H42O7/c1-14-15-5-6-18-25(3)9-4-8-24(2,17(25)7-10-26(18,11-15)22(14)31)13-32-23-21(30)20(29)19(28)16(12-27)33-23/h15-23,27-31H,1,4-13H2,2-3H3/t15-,16-,17-,18+,19-,20+,21-,22+,23-,24+,25-,26-/m1/s1. The minimum absolute atomic E-state index is 0.0262. The number of fused-ring (bicyclic) bond motifs is 3. The summed E-state index contributed by atoms with van der Waals surface area (Å²) < 4.78 is 11.7. The van der Waals surface area contributed by atoms with Gasteiger partial charge in [-0.2, -0.15) is 0 Å². The lowest BCUT2D eigenvalue weighted by Gasteiger charge is -2.64. The van der Waals surface area contributed by atoms with Crippen LogP contribution in [0.4, 0.5) is 0 Å². The number of hydrogen-bond donors (Lipinski definition) is 5. The molecule has 188 valence electrons. The van der Waals surface area contributed by atoms with E-state index in [1.54, 1.807) is 0 Å². The number of ether oxygens (including phenoxy) is 2. The summed E-state index contributed by atoms with van der Waals surface area (Å²) in [5, 5.41) is 51.3. The van der Waals surface area contributed by atoms with Gasteiger partial charge in [-0.1, -0.05) is 26.8 Å². The molecule has 0 aromatic carbocycles. The van der Waals surface area contributed by atoms with E-state index in [1.165, 1.54) is 0 Å². The first-order valence-electron chi connectivity index (χ1n) is 12.9. The average Bonchev–Trinajstić information content (AvgIpc) is 2.96. The summed E-state index contributed by atoms with van der Waals surface area (Å²) in [7, 11) is 0. The molecule has 0 aromatic rings. The molecular weight excluding hydrogens is 424 g/mol. The van der Waals surface area contributed by atoms with E-state index in [-0.39, 0.29) is 22.3 Å². The molecule has 0 aromatic heterocycles. The second-order valence-electron chi connectivity index (χ2n) is 12.4. The quantitative estimate of drug-likeness (QED) is 0.400. The van der Waals surface area contributed by atoms with Crippen LogP contribution < -0.4 is 0 Å². The molecule has 5 rings (SSSR count). The molecule has 7 heteroatoms. The van der Waals surface area contributed by atoms with Gasteiger partial charge in [0.1, 0.15) is 24.4 Å². The Hall–Kier alpha value is -0.540. The second kappa shape index (κ2) is 8.26. The van der Waals surface area contributed by atoms with Crippen molar-refractivity contribution in [3.05, 3.63) is 12.2 Å². The van der Waals surface area contributed by atoms with E-state index in [0.29, 0.717) is 24.4 Å². The average molecular weight is 467 g/mol. The minimum Gasteiger partial charge on any atom is -0.394 e. The van der Waals surface area contributed by atoms with E-state index in [4.69, 9.17) is 9.47 Å². The molecule has 1 heterocycles. The van der Waals surface area contributed by atoms with Crippen LogP contribution in [-0.4, -0.2) is 75.6 Å². The number of hydrogen-bond acceptors (Lipinski definition) is 7. The van der Waals surface area contributed by atoms with Crippen LogP contribution >= 0.6 is 0 Å². The summed E-state index contributed by atoms with van der Waals surface area (Å²) in [6, 6.07) is 0. The van der Waals surface area contributed by atoms with Gasteiger partial charge in [-0.05, 0) is 79.1 Å². The van der Waals surface area contributed by atoms with E-state index >= 15 is 0 Å². The summed E-state index contributed by atoms with van der Waals surface area (Å²) in [6.07, 6.45) is 2.08. The smallest absolute Gasteiger partial charge is 0.186 e. The third kappa shape index (κ3) is 3.41. The van der Waals surface area contributed by atoms with Gasteiger partial charge in [-0.25, -0.2) is 0 Å². The molecule has 5 N–H and O–H groups in total. The van der Waals surface area contributed by atoms with Crippen LogP contribution in [0.25, 0.3) is 0 Å². The van der Waals surface area contributed by atoms with Crippen molar-refractivity contribution in [1.82, 2.24) is 0 Å². The molecule has 1 aliphatic heterocycles. The molecule has 5 fully saturated rings. The van der Waals surface area contributed by atoms with E-state index < -0.39 is 37.3 Å². The molecule has 1 saturated heterocycles. The minimum atomic E-state index is -1.42. The van der Waals surface area contributed by atoms with Crippen molar-refractivity contribution in [2.75, 3.05) is 13.2 Å². The fourth-order valence-corrected chi connectivity index (χ4v) is 9.15. The zero-order valence-electron chi connectivity index (χ0n) is 20.0. The van der Waals surface area contributed by atoms with Crippen molar-refractivity contribution in [2.45, 2.75) is 102 Å². The van der Waals surface area contributed by atoms with E-state index in [9.17, 15) is 25.5 Å². The fourth-order valence-electron chi connectivity index (χ4n) is 9.15. The second-order valence-corrected chi connectivity index (χ2v) is 12.4. The maximum atomic E-state index is 11.3. The first kappa shape index (κ1) is 24.2. The SMILES string of the molecule is C=C1[C@@H]2CC[C@H]3[C@]4(C)CCC[C@@](C)(CO[C@@H]5O[C@H](CO)[C@@H](O)[C@H](O)[C@H]5O)[C@H]4CC[C@]3(C2)[C@H]1O. The molecule has 5 aliphatic rings. The number of aliphatic hydroxyl groups is 5. The lowest BCUT2D eigenvalue weighted by atomic mass is 9.41. The third-order valence-electron chi connectivity index (χ3n) is 10.8. The third-order valence-corrected chi connectivity index (χ3v) is 10.8. The highest BCUT2D eigenvalue weighted by molar-refractivity contribution is 5.27. The van der Waals surface area contributed by atoms with Crippen LogP contribution in [0.1, 0.15) is 65.2 Å². The molecule has 12 atom stereocenters. The Morgan fingerprint density at radius 1 is 0.970 bits per heavy atom. The summed E-state index contributed by atoms with van der Waals surface area (Å²) in [6.45, 7) is 8.90. The first-order valence-corrected chi connectivity index (χ1v) is 12.9. The molecule has 4 aliphatic carbocycles. The van der Waals surface area contributed by atoms with E-state index in [2.05, 4.69) is 20.4 Å². The number of rotatable bonds is 4. The Bertz CT molecular complexity index is 772. The van der Waals surface area contributed by atoms with Gasteiger partial charge < -0.3 is 35.0 Å². The van der Waals surface area contributed by atoms with Gasteiger partial charge in [-0.3, -0.25) is 0 Å². The largest absolute Gasteiger partial charge is 0.394 e. The highest BCUT2D eigenvalue weighted by Crippen LogP contribution is 2.72. The predicted molar refractivity (Wildman–Crippen MR) is 121 cm³/mol.